The van der Waals surface area contributed by atoms with Crippen LogP contribution in [0.2, 0.25) is 5.02 Å². The topological polar surface area (TPSA) is 67.2 Å². The normalized spacial score (nSPS) is 17.2. The summed E-state index contributed by atoms with van der Waals surface area (Å²) in [7, 11) is 1.87. The van der Waals surface area contributed by atoms with Gasteiger partial charge in [0, 0.05) is 54.4 Å². The Morgan fingerprint density at radius 3 is 2.88 bits per heavy atom. The lowest BCUT2D eigenvalue weighted by Gasteiger charge is -2.32. The second-order valence-corrected chi connectivity index (χ2v) is 7.13. The molecule has 0 spiro atoms. The van der Waals surface area contributed by atoms with Gasteiger partial charge in [0.2, 0.25) is 0 Å². The zero-order valence-corrected chi connectivity index (χ0v) is 15.8. The molecular formula is C19H23ClN4O2. The first-order chi connectivity index (χ1) is 12.5. The van der Waals surface area contributed by atoms with Crippen LogP contribution in [-0.4, -0.2) is 39.6 Å². The number of aromatic nitrogens is 2. The quantitative estimate of drug-likeness (QED) is 0.836. The van der Waals surface area contributed by atoms with Crippen molar-refractivity contribution in [3.63, 3.8) is 0 Å². The number of urea groups is 1. The van der Waals surface area contributed by atoms with Crippen molar-refractivity contribution in [3.05, 3.63) is 52.3 Å². The molecule has 2 aromatic rings. The highest BCUT2D eigenvalue weighted by Gasteiger charge is 2.29. The molecule has 0 saturated carbocycles. The van der Waals surface area contributed by atoms with Crippen molar-refractivity contribution in [3.8, 4) is 0 Å². The van der Waals surface area contributed by atoms with Crippen LogP contribution in [-0.2, 0) is 13.6 Å². The molecule has 2 amide bonds. The van der Waals surface area contributed by atoms with Crippen molar-refractivity contribution in [1.29, 1.82) is 0 Å². The molecular weight excluding hydrogens is 352 g/mol. The molecule has 1 saturated heterocycles. The van der Waals surface area contributed by atoms with Gasteiger partial charge in [-0.25, -0.2) is 4.79 Å². The first-order valence-electron chi connectivity index (χ1n) is 8.75. The Morgan fingerprint density at radius 2 is 2.19 bits per heavy atom. The number of ketones is 1. The summed E-state index contributed by atoms with van der Waals surface area (Å²) in [6.45, 7) is 3.50. The van der Waals surface area contributed by atoms with Gasteiger partial charge in [-0.1, -0.05) is 23.7 Å². The number of likely N-dealkylation sites (tertiary alicyclic amines) is 1. The van der Waals surface area contributed by atoms with E-state index in [0.29, 0.717) is 30.2 Å². The Morgan fingerprint density at radius 1 is 1.38 bits per heavy atom. The van der Waals surface area contributed by atoms with Crippen LogP contribution in [0.4, 0.5) is 4.79 Å². The lowest BCUT2D eigenvalue weighted by molar-refractivity contribution is 0.0845. The predicted molar refractivity (Wildman–Crippen MR) is 100 cm³/mol. The Labute approximate surface area is 158 Å². The highest BCUT2D eigenvalue weighted by molar-refractivity contribution is 6.31. The van der Waals surface area contributed by atoms with Crippen LogP contribution in [0.25, 0.3) is 0 Å². The Kier molecular flexibility index (Phi) is 5.61. The van der Waals surface area contributed by atoms with E-state index < -0.39 is 0 Å². The van der Waals surface area contributed by atoms with Crippen LogP contribution in [0.3, 0.4) is 0 Å². The number of hydrogen-bond donors (Lipinski definition) is 1. The number of nitrogens with zero attached hydrogens (tertiary/aromatic N) is 3. The Hall–Kier alpha value is -2.34. The maximum absolute atomic E-state index is 12.7. The summed E-state index contributed by atoms with van der Waals surface area (Å²) >= 11 is 5.99. The highest BCUT2D eigenvalue weighted by Crippen LogP contribution is 2.22. The average Bonchev–Trinajstić information content (AvgIpc) is 2.97. The fraction of sp³-hybridized carbons (Fsp3) is 0.421. The molecule has 1 atom stereocenters. The Bertz CT molecular complexity index is 818. The van der Waals surface area contributed by atoms with Crippen molar-refractivity contribution < 1.29 is 9.59 Å². The zero-order valence-electron chi connectivity index (χ0n) is 15.0. The molecule has 1 aromatic carbocycles. The molecule has 7 heteroatoms. The first-order valence-corrected chi connectivity index (χ1v) is 9.13. The minimum absolute atomic E-state index is 0.0492. The molecule has 6 nitrogen and oxygen atoms in total. The number of carbonyl (C=O) groups is 2. The summed E-state index contributed by atoms with van der Waals surface area (Å²) in [5, 5.41) is 7.66. The number of amides is 2. The van der Waals surface area contributed by atoms with Crippen molar-refractivity contribution in [2.45, 2.75) is 26.3 Å². The second kappa shape index (κ2) is 7.91. The number of Topliss-reactive ketones (excluding diaryl/α,β-unsaturated/α-hetero) is 1. The van der Waals surface area contributed by atoms with E-state index >= 15 is 0 Å². The molecule has 1 N–H and O–H groups in total. The van der Waals surface area contributed by atoms with Gasteiger partial charge < -0.3 is 10.2 Å². The van der Waals surface area contributed by atoms with Crippen molar-refractivity contribution >= 4 is 23.4 Å². The molecule has 1 fully saturated rings. The van der Waals surface area contributed by atoms with Crippen LogP contribution in [0.5, 0.6) is 0 Å². The summed E-state index contributed by atoms with van der Waals surface area (Å²) < 4.78 is 1.78. The number of aryl methyl sites for hydroxylation is 1. The lowest BCUT2D eigenvalue weighted by Crippen LogP contribution is -2.46. The molecule has 0 unspecified atom stereocenters. The van der Waals surface area contributed by atoms with Gasteiger partial charge >= 0.3 is 6.03 Å². The van der Waals surface area contributed by atoms with Crippen LogP contribution in [0.15, 0.2) is 30.5 Å². The van der Waals surface area contributed by atoms with E-state index in [0.717, 1.165) is 24.1 Å². The van der Waals surface area contributed by atoms with Crippen molar-refractivity contribution in [2.75, 3.05) is 13.1 Å². The third-order valence-corrected chi connectivity index (χ3v) is 5.19. The third-order valence-electron chi connectivity index (χ3n) is 4.96. The van der Waals surface area contributed by atoms with Gasteiger partial charge in [0.1, 0.15) is 0 Å². The molecule has 2 heterocycles. The van der Waals surface area contributed by atoms with Crippen LogP contribution < -0.4 is 5.32 Å². The van der Waals surface area contributed by atoms with Crippen LogP contribution >= 0.6 is 11.6 Å². The molecule has 1 aliphatic heterocycles. The van der Waals surface area contributed by atoms with Crippen molar-refractivity contribution in [2.24, 2.45) is 13.0 Å². The summed E-state index contributed by atoms with van der Waals surface area (Å²) in [6, 6.07) is 6.85. The SMILES string of the molecule is Cc1c(CNC(=O)N2CCC[C@H](C(=O)c3cccc(Cl)c3)C2)cnn1C. The molecule has 1 aromatic heterocycles. The van der Waals surface area contributed by atoms with E-state index in [1.807, 2.05) is 14.0 Å². The smallest absolute Gasteiger partial charge is 0.317 e. The molecule has 0 aliphatic carbocycles. The lowest BCUT2D eigenvalue weighted by atomic mass is 9.90. The zero-order chi connectivity index (χ0) is 18.7. The fourth-order valence-corrected chi connectivity index (χ4v) is 3.44. The molecule has 138 valence electrons. The fourth-order valence-electron chi connectivity index (χ4n) is 3.25. The van der Waals surface area contributed by atoms with Gasteiger partial charge in [0.15, 0.2) is 5.78 Å². The van der Waals surface area contributed by atoms with E-state index in [2.05, 4.69) is 10.4 Å². The second-order valence-electron chi connectivity index (χ2n) is 6.70. The number of halogens is 1. The van der Waals surface area contributed by atoms with Gasteiger partial charge in [0.05, 0.1) is 6.20 Å². The monoisotopic (exact) mass is 374 g/mol. The van der Waals surface area contributed by atoms with E-state index in [1.165, 1.54) is 0 Å². The van der Waals surface area contributed by atoms with Gasteiger partial charge in [-0.05, 0) is 31.9 Å². The molecule has 0 radical (unpaired) electrons. The maximum atomic E-state index is 12.7. The number of benzene rings is 1. The minimum atomic E-state index is -0.187. The van der Waals surface area contributed by atoms with Gasteiger partial charge in [-0.15, -0.1) is 0 Å². The minimum Gasteiger partial charge on any atom is -0.334 e. The molecule has 1 aliphatic rings. The largest absolute Gasteiger partial charge is 0.334 e. The van der Waals surface area contributed by atoms with E-state index in [9.17, 15) is 9.59 Å². The van der Waals surface area contributed by atoms with E-state index in [-0.39, 0.29) is 17.7 Å². The Balaban J connectivity index is 1.59. The highest BCUT2D eigenvalue weighted by atomic mass is 35.5. The van der Waals surface area contributed by atoms with E-state index in [1.54, 1.807) is 40.0 Å². The molecule has 3 rings (SSSR count). The van der Waals surface area contributed by atoms with Crippen molar-refractivity contribution in [1.82, 2.24) is 20.0 Å². The average molecular weight is 375 g/mol. The summed E-state index contributed by atoms with van der Waals surface area (Å²) in [6.07, 6.45) is 3.37. The summed E-state index contributed by atoms with van der Waals surface area (Å²) in [5.41, 5.74) is 2.62. The van der Waals surface area contributed by atoms with Gasteiger partial charge in [-0.3, -0.25) is 9.48 Å². The molecule has 26 heavy (non-hydrogen) atoms. The summed E-state index contributed by atoms with van der Waals surface area (Å²) in [4.78, 5) is 26.9. The number of rotatable bonds is 4. The number of carbonyl (C=O) groups excluding carboxylic acids is 2. The van der Waals surface area contributed by atoms with Crippen LogP contribution in [0, 0.1) is 12.8 Å². The third kappa shape index (κ3) is 4.07. The number of piperidine rings is 1. The standard InChI is InChI=1S/C19H23ClN4O2/c1-13-16(11-22-23(13)2)10-21-19(26)24-8-4-6-15(12-24)18(25)14-5-3-7-17(20)9-14/h3,5,7,9,11,15H,4,6,8,10,12H2,1-2H3,(H,21,26)/t15-/m0/s1. The molecule has 0 bridgehead atoms. The number of nitrogens with one attached hydrogen (secondary N) is 1. The van der Waals surface area contributed by atoms with Crippen LogP contribution in [0.1, 0.15) is 34.5 Å². The summed E-state index contributed by atoms with van der Waals surface area (Å²) in [5.74, 6) is -0.138. The van der Waals surface area contributed by atoms with Gasteiger partial charge in [0.25, 0.3) is 0 Å². The predicted octanol–water partition coefficient (Wildman–Crippen LogP) is 3.19. The number of hydrogen-bond acceptors (Lipinski definition) is 3. The van der Waals surface area contributed by atoms with Gasteiger partial charge in [-0.2, -0.15) is 5.10 Å². The first kappa shape index (κ1) is 18.5. The maximum Gasteiger partial charge on any atom is 0.317 e. The van der Waals surface area contributed by atoms with E-state index in [4.69, 9.17) is 11.6 Å².